The van der Waals surface area contributed by atoms with Crippen LogP contribution in [-0.4, -0.2) is 41.1 Å². The van der Waals surface area contributed by atoms with Crippen molar-refractivity contribution in [1.29, 1.82) is 0 Å². The molecule has 0 atom stereocenters. The molecule has 150 valence electrons. The Morgan fingerprint density at radius 2 is 2.07 bits per heavy atom. The summed E-state index contributed by atoms with van der Waals surface area (Å²) in [6.07, 6.45) is -1.58. The minimum absolute atomic E-state index is 0.418. The van der Waals surface area contributed by atoms with Crippen LogP contribution in [0, 0.1) is 5.92 Å². The van der Waals surface area contributed by atoms with E-state index in [4.69, 9.17) is 4.74 Å². The average molecular weight is 397 g/mol. The molecule has 0 bridgehead atoms. The van der Waals surface area contributed by atoms with Crippen molar-refractivity contribution in [2.24, 2.45) is 5.92 Å². The van der Waals surface area contributed by atoms with E-state index in [9.17, 15) is 22.8 Å². The molecular formula is C17H18F3N5O3. The van der Waals surface area contributed by atoms with Gasteiger partial charge in [0.1, 0.15) is 5.69 Å². The Bertz CT molecular complexity index is 907. The number of piperidine rings is 1. The number of halogens is 3. The quantitative estimate of drug-likeness (QED) is 0.819. The molecule has 1 fully saturated rings. The lowest BCUT2D eigenvalue weighted by atomic mass is 9.96. The number of ether oxygens (including phenoxy) is 1. The first-order valence-corrected chi connectivity index (χ1v) is 8.50. The molecule has 0 unspecified atom stereocenters. The number of H-pyrrole nitrogens is 1. The molecule has 0 spiro atoms. The molecule has 1 saturated heterocycles. The van der Waals surface area contributed by atoms with Crippen LogP contribution in [0.25, 0.3) is 0 Å². The fourth-order valence-electron chi connectivity index (χ4n) is 2.92. The molecule has 0 aromatic carbocycles. The summed E-state index contributed by atoms with van der Waals surface area (Å²) in [6, 6.07) is 2.26. The van der Waals surface area contributed by atoms with Crippen LogP contribution in [0.5, 0.6) is 5.88 Å². The van der Waals surface area contributed by atoms with Crippen LogP contribution in [0.4, 0.5) is 24.8 Å². The summed E-state index contributed by atoms with van der Waals surface area (Å²) in [6.45, 7) is 0.981. The number of hydrogen-bond donors (Lipinski definition) is 2. The van der Waals surface area contributed by atoms with Crippen LogP contribution in [-0.2, 0) is 11.0 Å². The molecule has 2 aromatic rings. The molecule has 0 radical (unpaired) electrons. The monoisotopic (exact) mass is 397 g/mol. The van der Waals surface area contributed by atoms with E-state index in [0.29, 0.717) is 50.0 Å². The Labute approximate surface area is 157 Å². The summed E-state index contributed by atoms with van der Waals surface area (Å²) in [5, 5.41) is 2.31. The van der Waals surface area contributed by atoms with Gasteiger partial charge in [0, 0.05) is 37.5 Å². The number of hydrogen-bond acceptors (Lipinski definition) is 6. The van der Waals surface area contributed by atoms with Crippen molar-refractivity contribution in [3.63, 3.8) is 0 Å². The van der Waals surface area contributed by atoms with Gasteiger partial charge in [-0.3, -0.25) is 9.59 Å². The number of carbonyl (C=O) groups is 1. The maximum atomic E-state index is 12.8. The molecule has 2 N–H and O–H groups in total. The average Bonchev–Trinajstić information content (AvgIpc) is 2.69. The van der Waals surface area contributed by atoms with E-state index >= 15 is 0 Å². The number of carbonyl (C=O) groups excluding carboxylic acids is 1. The second-order valence-electron chi connectivity index (χ2n) is 6.28. The minimum Gasteiger partial charge on any atom is -0.481 e. The smallest absolute Gasteiger partial charge is 0.417 e. The van der Waals surface area contributed by atoms with E-state index in [2.05, 4.69) is 15.3 Å². The molecule has 3 heterocycles. The molecule has 2 aromatic heterocycles. The zero-order valence-electron chi connectivity index (χ0n) is 14.9. The number of amides is 1. The number of pyridine rings is 1. The zero-order valence-corrected chi connectivity index (χ0v) is 14.9. The lowest BCUT2D eigenvalue weighted by Crippen LogP contribution is -2.39. The number of aromatic amines is 1. The van der Waals surface area contributed by atoms with Crippen molar-refractivity contribution in [3.8, 4) is 5.88 Å². The Kier molecular flexibility index (Phi) is 5.52. The molecule has 0 aliphatic carbocycles. The van der Waals surface area contributed by atoms with Crippen LogP contribution in [0.3, 0.4) is 0 Å². The molecule has 8 nitrogen and oxygen atoms in total. The lowest BCUT2D eigenvalue weighted by Gasteiger charge is -2.31. The second kappa shape index (κ2) is 7.87. The van der Waals surface area contributed by atoms with Gasteiger partial charge in [0.05, 0.1) is 12.7 Å². The van der Waals surface area contributed by atoms with Crippen molar-refractivity contribution in [2.75, 3.05) is 30.4 Å². The topological polar surface area (TPSA) is 100 Å². The zero-order chi connectivity index (χ0) is 20.3. The van der Waals surface area contributed by atoms with Gasteiger partial charge in [0.15, 0.2) is 0 Å². The molecule has 11 heteroatoms. The number of rotatable bonds is 4. The summed E-state index contributed by atoms with van der Waals surface area (Å²) >= 11 is 0. The Hall–Kier alpha value is -3.11. The highest BCUT2D eigenvalue weighted by Gasteiger charge is 2.32. The van der Waals surface area contributed by atoms with Gasteiger partial charge in [-0.25, -0.2) is 4.98 Å². The maximum Gasteiger partial charge on any atom is 0.417 e. The molecule has 1 aliphatic rings. The van der Waals surface area contributed by atoms with Crippen molar-refractivity contribution >= 4 is 17.5 Å². The van der Waals surface area contributed by atoms with E-state index in [1.54, 1.807) is 12.3 Å². The van der Waals surface area contributed by atoms with Gasteiger partial charge in [-0.1, -0.05) is 0 Å². The number of methoxy groups -OCH3 is 1. The molecule has 28 heavy (non-hydrogen) atoms. The summed E-state index contributed by atoms with van der Waals surface area (Å²) in [5.74, 6) is -0.0204. The fourth-order valence-corrected chi connectivity index (χ4v) is 2.92. The Morgan fingerprint density at radius 3 is 2.71 bits per heavy atom. The summed E-state index contributed by atoms with van der Waals surface area (Å²) in [4.78, 5) is 36.4. The predicted octanol–water partition coefficient (Wildman–Crippen LogP) is 2.05. The van der Waals surface area contributed by atoms with Crippen molar-refractivity contribution in [1.82, 2.24) is 15.0 Å². The van der Waals surface area contributed by atoms with E-state index in [0.717, 1.165) is 0 Å². The predicted molar refractivity (Wildman–Crippen MR) is 94.2 cm³/mol. The van der Waals surface area contributed by atoms with Crippen molar-refractivity contribution in [2.45, 2.75) is 19.0 Å². The second-order valence-corrected chi connectivity index (χ2v) is 6.28. The van der Waals surface area contributed by atoms with Crippen LogP contribution >= 0.6 is 0 Å². The Morgan fingerprint density at radius 1 is 1.36 bits per heavy atom. The first-order chi connectivity index (χ1) is 13.3. The van der Waals surface area contributed by atoms with Gasteiger partial charge in [0.2, 0.25) is 17.7 Å². The van der Waals surface area contributed by atoms with E-state index in [1.165, 1.54) is 7.11 Å². The van der Waals surface area contributed by atoms with Gasteiger partial charge >= 0.3 is 6.18 Å². The normalized spacial score (nSPS) is 15.4. The lowest BCUT2D eigenvalue weighted by molar-refractivity contribution is -0.137. The minimum atomic E-state index is -4.62. The molecular weight excluding hydrogens is 379 g/mol. The third kappa shape index (κ3) is 4.41. The van der Waals surface area contributed by atoms with Crippen LogP contribution in [0.15, 0.2) is 29.3 Å². The number of alkyl halides is 3. The first kappa shape index (κ1) is 19.6. The van der Waals surface area contributed by atoms with Crippen LogP contribution in [0.1, 0.15) is 18.4 Å². The summed E-state index contributed by atoms with van der Waals surface area (Å²) in [5.41, 5.74) is -2.24. The number of nitrogens with one attached hydrogen (secondary N) is 2. The standard InChI is InChI=1S/C17H18F3N5O3/c1-28-13-2-5-21-16(24-13)25-6-3-10(4-7-25)14(26)23-12-8-11(17(18,19)20)9-22-15(12)27/h2,5,8-10H,3-4,6-7H2,1H3,(H,22,27)(H,23,26). The highest BCUT2D eigenvalue weighted by molar-refractivity contribution is 5.92. The summed E-state index contributed by atoms with van der Waals surface area (Å²) < 4.78 is 43.4. The largest absolute Gasteiger partial charge is 0.481 e. The number of nitrogens with zero attached hydrogens (tertiary/aromatic N) is 3. The summed E-state index contributed by atoms with van der Waals surface area (Å²) in [7, 11) is 1.50. The molecule has 3 rings (SSSR count). The molecule has 1 aliphatic heterocycles. The highest BCUT2D eigenvalue weighted by Crippen LogP contribution is 2.29. The fraction of sp³-hybridized carbons (Fsp3) is 0.412. The first-order valence-electron chi connectivity index (χ1n) is 8.50. The van der Waals surface area contributed by atoms with E-state index in [-0.39, 0.29) is 0 Å². The van der Waals surface area contributed by atoms with E-state index in [1.807, 2.05) is 9.88 Å². The van der Waals surface area contributed by atoms with Gasteiger partial charge < -0.3 is 19.9 Å². The molecule has 1 amide bonds. The van der Waals surface area contributed by atoms with Crippen LogP contribution < -0.4 is 20.5 Å². The van der Waals surface area contributed by atoms with E-state index < -0.39 is 34.8 Å². The van der Waals surface area contributed by atoms with Gasteiger partial charge in [0.25, 0.3) is 5.56 Å². The number of anilines is 2. The van der Waals surface area contributed by atoms with Gasteiger partial charge in [-0.15, -0.1) is 0 Å². The number of aromatic nitrogens is 3. The van der Waals surface area contributed by atoms with Crippen molar-refractivity contribution in [3.05, 3.63) is 40.4 Å². The Balaban J connectivity index is 1.63. The molecule has 0 saturated carbocycles. The highest BCUT2D eigenvalue weighted by atomic mass is 19.4. The SMILES string of the molecule is COc1ccnc(N2CCC(C(=O)Nc3cc(C(F)(F)F)c[nH]c3=O)CC2)n1. The van der Waals surface area contributed by atoms with Gasteiger partial charge in [-0.2, -0.15) is 18.2 Å². The van der Waals surface area contributed by atoms with Crippen LogP contribution in [0.2, 0.25) is 0 Å². The third-order valence-corrected chi connectivity index (χ3v) is 4.46. The maximum absolute atomic E-state index is 12.8. The van der Waals surface area contributed by atoms with Gasteiger partial charge in [-0.05, 0) is 18.9 Å². The third-order valence-electron chi connectivity index (χ3n) is 4.46. The van der Waals surface area contributed by atoms with Crippen molar-refractivity contribution < 1.29 is 22.7 Å².